The molecule has 1 atom stereocenters. The van der Waals surface area contributed by atoms with Crippen LogP contribution in [0.15, 0.2) is 28.7 Å². The third-order valence-corrected chi connectivity index (χ3v) is 4.83. The van der Waals surface area contributed by atoms with Crippen molar-refractivity contribution in [3.8, 4) is 0 Å². The summed E-state index contributed by atoms with van der Waals surface area (Å²) < 4.78 is 1.59. The second kappa shape index (κ2) is 5.29. The largest absolute Gasteiger partial charge is 0.383 e. The molecule has 0 fully saturated rings. The Kier molecular flexibility index (Phi) is 4.16. The molecular formula is C12H9BrCl2OS. The quantitative estimate of drug-likeness (QED) is 0.787. The average molecular weight is 352 g/mol. The molecule has 0 radical (unpaired) electrons. The summed E-state index contributed by atoms with van der Waals surface area (Å²) in [6.07, 6.45) is -0.730. The maximum atomic E-state index is 10.3. The lowest BCUT2D eigenvalue weighted by Gasteiger charge is -2.11. The van der Waals surface area contributed by atoms with Crippen LogP contribution in [0.4, 0.5) is 0 Å². The highest BCUT2D eigenvalue weighted by molar-refractivity contribution is 9.10. The molecule has 1 aromatic heterocycles. The summed E-state index contributed by atoms with van der Waals surface area (Å²) >= 11 is 16.8. The third-order valence-electron chi connectivity index (χ3n) is 2.40. The summed E-state index contributed by atoms with van der Waals surface area (Å²) in [6.45, 7) is 1.91. The van der Waals surface area contributed by atoms with E-state index in [0.717, 1.165) is 14.9 Å². The normalized spacial score (nSPS) is 12.8. The zero-order chi connectivity index (χ0) is 12.6. The summed E-state index contributed by atoms with van der Waals surface area (Å²) in [5, 5.41) is 10.8. The Morgan fingerprint density at radius 2 is 2.00 bits per heavy atom. The molecular weight excluding hydrogens is 343 g/mol. The lowest BCUT2D eigenvalue weighted by molar-refractivity contribution is 0.224. The summed E-state index contributed by atoms with van der Waals surface area (Å²) in [6, 6.07) is 7.31. The molecule has 1 nitrogen and oxygen atoms in total. The van der Waals surface area contributed by atoms with Crippen molar-refractivity contribution in [2.24, 2.45) is 0 Å². The van der Waals surface area contributed by atoms with E-state index >= 15 is 0 Å². The van der Waals surface area contributed by atoms with Crippen molar-refractivity contribution < 1.29 is 5.11 Å². The Hall–Kier alpha value is -0.0600. The number of rotatable bonds is 2. The Labute approximate surface area is 122 Å². The molecule has 0 amide bonds. The Balaban J connectivity index is 2.39. The van der Waals surface area contributed by atoms with Gasteiger partial charge in [0.2, 0.25) is 0 Å². The van der Waals surface area contributed by atoms with E-state index in [0.29, 0.717) is 14.9 Å². The lowest BCUT2D eigenvalue weighted by atomic mass is 10.1. The first-order valence-corrected chi connectivity index (χ1v) is 7.24. The number of aryl methyl sites for hydroxylation is 1. The first-order valence-electron chi connectivity index (χ1n) is 4.88. The second-order valence-corrected chi connectivity index (χ2v) is 6.68. The minimum Gasteiger partial charge on any atom is -0.383 e. The number of aliphatic hydroxyl groups is 1. The Morgan fingerprint density at radius 1 is 1.29 bits per heavy atom. The molecule has 0 bridgehead atoms. The molecule has 0 saturated heterocycles. The zero-order valence-electron chi connectivity index (χ0n) is 8.88. The zero-order valence-corrected chi connectivity index (χ0v) is 12.8. The second-order valence-electron chi connectivity index (χ2n) is 3.67. The van der Waals surface area contributed by atoms with Gasteiger partial charge < -0.3 is 5.11 Å². The van der Waals surface area contributed by atoms with Gasteiger partial charge in [-0.3, -0.25) is 0 Å². The fraction of sp³-hybridized carbons (Fsp3) is 0.167. The number of halogens is 3. The average Bonchev–Trinajstić information content (AvgIpc) is 2.58. The van der Waals surface area contributed by atoms with Crippen molar-refractivity contribution >= 4 is 50.5 Å². The first kappa shape index (κ1) is 13.4. The van der Waals surface area contributed by atoms with Gasteiger partial charge in [0, 0.05) is 19.9 Å². The van der Waals surface area contributed by atoms with Gasteiger partial charge >= 0.3 is 0 Å². The highest BCUT2D eigenvalue weighted by atomic mass is 79.9. The maximum absolute atomic E-state index is 10.3. The number of benzene rings is 1. The Bertz CT molecular complexity index is 534. The van der Waals surface area contributed by atoms with Crippen LogP contribution in [-0.2, 0) is 0 Å². The van der Waals surface area contributed by atoms with Crippen molar-refractivity contribution in [3.63, 3.8) is 0 Å². The standard InChI is InChI=1S/C12H9BrCl2OS/c1-6-4-10(17-12(6)15)11(16)8-3-2-7(13)5-9(8)14/h2-5,11,16H,1H3. The maximum Gasteiger partial charge on any atom is 0.115 e. The predicted octanol–water partition coefficient (Wildman–Crippen LogP) is 5.21. The summed E-state index contributed by atoms with van der Waals surface area (Å²) in [7, 11) is 0. The summed E-state index contributed by atoms with van der Waals surface area (Å²) in [5.74, 6) is 0. The third kappa shape index (κ3) is 2.85. The lowest BCUT2D eigenvalue weighted by Crippen LogP contribution is -1.97. The molecule has 17 heavy (non-hydrogen) atoms. The van der Waals surface area contributed by atoms with Gasteiger partial charge in [0.25, 0.3) is 0 Å². The van der Waals surface area contributed by atoms with Crippen molar-refractivity contribution in [1.29, 1.82) is 0 Å². The van der Waals surface area contributed by atoms with Crippen LogP contribution < -0.4 is 0 Å². The van der Waals surface area contributed by atoms with Crippen LogP contribution >= 0.6 is 50.5 Å². The molecule has 5 heteroatoms. The van der Waals surface area contributed by atoms with Crippen molar-refractivity contribution in [2.75, 3.05) is 0 Å². The molecule has 1 unspecified atom stereocenters. The number of aliphatic hydroxyl groups excluding tert-OH is 1. The van der Waals surface area contributed by atoms with E-state index in [9.17, 15) is 5.11 Å². The van der Waals surface area contributed by atoms with Crippen LogP contribution in [-0.4, -0.2) is 5.11 Å². The van der Waals surface area contributed by atoms with Crippen LogP contribution in [0.3, 0.4) is 0 Å². The first-order chi connectivity index (χ1) is 7.99. The van der Waals surface area contributed by atoms with E-state index < -0.39 is 6.10 Å². The van der Waals surface area contributed by atoms with E-state index in [2.05, 4.69) is 15.9 Å². The molecule has 90 valence electrons. The van der Waals surface area contributed by atoms with Crippen LogP contribution in [0.2, 0.25) is 9.36 Å². The summed E-state index contributed by atoms with van der Waals surface area (Å²) in [5.41, 5.74) is 1.66. The molecule has 1 heterocycles. The fourth-order valence-electron chi connectivity index (χ4n) is 1.49. The molecule has 2 rings (SSSR count). The van der Waals surface area contributed by atoms with Gasteiger partial charge in [-0.1, -0.05) is 45.2 Å². The van der Waals surface area contributed by atoms with E-state index in [1.807, 2.05) is 19.1 Å². The predicted molar refractivity (Wildman–Crippen MR) is 77.3 cm³/mol. The van der Waals surface area contributed by atoms with Gasteiger partial charge in [-0.05, 0) is 30.7 Å². The molecule has 1 N–H and O–H groups in total. The van der Waals surface area contributed by atoms with E-state index in [1.54, 1.807) is 12.1 Å². The minimum absolute atomic E-state index is 0.536. The molecule has 2 aromatic rings. The topological polar surface area (TPSA) is 20.2 Å². The van der Waals surface area contributed by atoms with Gasteiger partial charge in [0.1, 0.15) is 6.10 Å². The molecule has 0 aliphatic rings. The monoisotopic (exact) mass is 350 g/mol. The van der Waals surface area contributed by atoms with Gasteiger partial charge in [-0.15, -0.1) is 11.3 Å². The van der Waals surface area contributed by atoms with E-state index in [1.165, 1.54) is 11.3 Å². The molecule has 0 aliphatic heterocycles. The van der Waals surface area contributed by atoms with E-state index in [4.69, 9.17) is 23.2 Å². The van der Waals surface area contributed by atoms with Crippen LogP contribution in [0.5, 0.6) is 0 Å². The van der Waals surface area contributed by atoms with Gasteiger partial charge in [0.15, 0.2) is 0 Å². The van der Waals surface area contributed by atoms with Crippen molar-refractivity contribution in [1.82, 2.24) is 0 Å². The van der Waals surface area contributed by atoms with Crippen LogP contribution in [0.25, 0.3) is 0 Å². The molecule has 1 aromatic carbocycles. The number of hydrogen-bond donors (Lipinski definition) is 1. The number of thiophene rings is 1. The minimum atomic E-state index is -0.730. The smallest absolute Gasteiger partial charge is 0.115 e. The molecule has 0 spiro atoms. The Morgan fingerprint density at radius 3 is 2.53 bits per heavy atom. The van der Waals surface area contributed by atoms with Gasteiger partial charge in [0.05, 0.1) is 4.34 Å². The van der Waals surface area contributed by atoms with Gasteiger partial charge in [-0.25, -0.2) is 0 Å². The van der Waals surface area contributed by atoms with Crippen molar-refractivity contribution in [3.05, 3.63) is 54.1 Å². The van der Waals surface area contributed by atoms with Crippen LogP contribution in [0.1, 0.15) is 22.1 Å². The SMILES string of the molecule is Cc1cc(C(O)c2ccc(Br)cc2Cl)sc1Cl. The highest BCUT2D eigenvalue weighted by Gasteiger charge is 2.17. The van der Waals surface area contributed by atoms with Crippen molar-refractivity contribution in [2.45, 2.75) is 13.0 Å². The highest BCUT2D eigenvalue weighted by Crippen LogP contribution is 2.36. The van der Waals surface area contributed by atoms with E-state index in [-0.39, 0.29) is 0 Å². The van der Waals surface area contributed by atoms with Gasteiger partial charge in [-0.2, -0.15) is 0 Å². The number of hydrogen-bond acceptors (Lipinski definition) is 2. The van der Waals surface area contributed by atoms with Crippen LogP contribution in [0, 0.1) is 6.92 Å². The molecule has 0 aliphatic carbocycles. The summed E-state index contributed by atoms with van der Waals surface area (Å²) in [4.78, 5) is 0.803. The molecule has 0 saturated carbocycles. The fourth-order valence-corrected chi connectivity index (χ4v) is 3.49.